The number of nitrogens with one attached hydrogen (secondary N) is 2. The second-order valence-corrected chi connectivity index (χ2v) is 8.30. The SMILES string of the molecule is COc1cccc(-c2noc(CNC(=O)/C(=C/c3cccs3)NC(=O)c3cccc(C)c3)n2)c1. The molecule has 0 saturated heterocycles. The Balaban J connectivity index is 1.47. The molecular weight excluding hydrogens is 452 g/mol. The van der Waals surface area contributed by atoms with Crippen molar-refractivity contribution in [1.82, 2.24) is 20.8 Å². The van der Waals surface area contributed by atoms with Gasteiger partial charge in [-0.15, -0.1) is 11.3 Å². The Morgan fingerprint density at radius 1 is 1.12 bits per heavy atom. The predicted molar refractivity (Wildman–Crippen MR) is 129 cm³/mol. The van der Waals surface area contributed by atoms with Crippen molar-refractivity contribution in [3.63, 3.8) is 0 Å². The largest absolute Gasteiger partial charge is 0.497 e. The summed E-state index contributed by atoms with van der Waals surface area (Å²) in [6.45, 7) is 1.90. The average Bonchev–Trinajstić information content (AvgIpc) is 3.54. The molecule has 0 spiro atoms. The highest BCUT2D eigenvalue weighted by Gasteiger charge is 2.17. The molecule has 9 heteroatoms. The number of carbonyl (C=O) groups is 2. The highest BCUT2D eigenvalue weighted by molar-refractivity contribution is 7.10. The molecule has 0 bridgehead atoms. The number of hydrogen-bond donors (Lipinski definition) is 2. The molecule has 8 nitrogen and oxygen atoms in total. The standard InChI is InChI=1S/C25H22N4O4S/c1-16-6-3-8-18(12-16)24(30)27-21(14-20-10-5-11-34-20)25(31)26-15-22-28-23(29-33-22)17-7-4-9-19(13-17)32-2/h3-14H,15H2,1-2H3,(H,26,31)(H,27,30)/b21-14-. The van der Waals surface area contributed by atoms with Gasteiger partial charge >= 0.3 is 0 Å². The molecule has 4 rings (SSSR count). The van der Waals surface area contributed by atoms with Crippen molar-refractivity contribution >= 4 is 29.2 Å². The number of thiophene rings is 1. The maximum absolute atomic E-state index is 12.9. The van der Waals surface area contributed by atoms with Gasteiger partial charge in [0.2, 0.25) is 11.7 Å². The van der Waals surface area contributed by atoms with Crippen molar-refractivity contribution in [1.29, 1.82) is 0 Å². The van der Waals surface area contributed by atoms with Crippen LogP contribution in [0.15, 0.2) is 76.3 Å². The van der Waals surface area contributed by atoms with E-state index in [1.54, 1.807) is 37.5 Å². The first-order valence-electron chi connectivity index (χ1n) is 10.4. The lowest BCUT2D eigenvalue weighted by Crippen LogP contribution is -2.34. The summed E-state index contributed by atoms with van der Waals surface area (Å²) in [7, 11) is 1.58. The number of aromatic nitrogens is 2. The maximum atomic E-state index is 12.9. The molecule has 0 aliphatic carbocycles. The van der Waals surface area contributed by atoms with Gasteiger partial charge in [-0.3, -0.25) is 9.59 Å². The molecule has 0 aliphatic heterocycles. The van der Waals surface area contributed by atoms with E-state index in [0.717, 1.165) is 16.0 Å². The molecule has 34 heavy (non-hydrogen) atoms. The molecule has 0 radical (unpaired) electrons. The van der Waals surface area contributed by atoms with Gasteiger partial charge in [-0.25, -0.2) is 0 Å². The fourth-order valence-electron chi connectivity index (χ4n) is 3.11. The fraction of sp³-hybridized carbons (Fsp3) is 0.120. The fourth-order valence-corrected chi connectivity index (χ4v) is 3.77. The second kappa shape index (κ2) is 10.6. The quantitative estimate of drug-likeness (QED) is 0.371. The van der Waals surface area contributed by atoms with Crippen LogP contribution in [0.4, 0.5) is 0 Å². The smallest absolute Gasteiger partial charge is 0.268 e. The molecule has 2 N–H and O–H groups in total. The number of amides is 2. The number of hydrogen-bond acceptors (Lipinski definition) is 7. The zero-order chi connectivity index (χ0) is 23.9. The first-order valence-corrected chi connectivity index (χ1v) is 11.3. The van der Waals surface area contributed by atoms with Gasteiger partial charge in [0.15, 0.2) is 0 Å². The molecule has 2 aromatic carbocycles. The molecule has 2 amide bonds. The third kappa shape index (κ3) is 5.76. The summed E-state index contributed by atoms with van der Waals surface area (Å²) >= 11 is 1.45. The molecule has 2 heterocycles. The Morgan fingerprint density at radius 2 is 1.97 bits per heavy atom. The van der Waals surface area contributed by atoms with E-state index < -0.39 is 5.91 Å². The van der Waals surface area contributed by atoms with Crippen molar-refractivity contribution in [2.45, 2.75) is 13.5 Å². The lowest BCUT2D eigenvalue weighted by atomic mass is 10.1. The van der Waals surface area contributed by atoms with Crippen molar-refractivity contribution in [3.8, 4) is 17.1 Å². The molecule has 0 saturated carbocycles. The molecule has 0 atom stereocenters. The van der Waals surface area contributed by atoms with E-state index in [0.29, 0.717) is 17.1 Å². The van der Waals surface area contributed by atoms with Crippen LogP contribution in [0.2, 0.25) is 0 Å². The zero-order valence-corrected chi connectivity index (χ0v) is 19.4. The maximum Gasteiger partial charge on any atom is 0.268 e. The minimum Gasteiger partial charge on any atom is -0.497 e. The summed E-state index contributed by atoms with van der Waals surface area (Å²) in [4.78, 5) is 30.8. The first-order chi connectivity index (χ1) is 16.5. The van der Waals surface area contributed by atoms with Gasteiger partial charge in [-0.1, -0.05) is 41.1 Å². The Morgan fingerprint density at radius 3 is 2.74 bits per heavy atom. The van der Waals surface area contributed by atoms with Crippen molar-refractivity contribution < 1.29 is 18.8 Å². The van der Waals surface area contributed by atoms with Gasteiger partial charge in [0.05, 0.1) is 13.7 Å². The van der Waals surface area contributed by atoms with Crippen LogP contribution in [-0.4, -0.2) is 29.1 Å². The van der Waals surface area contributed by atoms with Crippen molar-refractivity contribution in [2.75, 3.05) is 7.11 Å². The normalized spacial score (nSPS) is 11.2. The summed E-state index contributed by atoms with van der Waals surface area (Å²) < 4.78 is 10.5. The highest BCUT2D eigenvalue weighted by Crippen LogP contribution is 2.21. The van der Waals surface area contributed by atoms with E-state index in [1.165, 1.54) is 11.3 Å². The van der Waals surface area contributed by atoms with Gasteiger partial charge in [0.1, 0.15) is 11.4 Å². The second-order valence-electron chi connectivity index (χ2n) is 7.32. The molecular formula is C25H22N4O4S. The number of ether oxygens (including phenoxy) is 1. The molecule has 2 aromatic heterocycles. The lowest BCUT2D eigenvalue weighted by Gasteiger charge is -2.10. The summed E-state index contributed by atoms with van der Waals surface area (Å²) in [5.74, 6) is 0.428. The lowest BCUT2D eigenvalue weighted by molar-refractivity contribution is -0.118. The van der Waals surface area contributed by atoms with Gasteiger partial charge in [-0.2, -0.15) is 4.98 Å². The molecule has 0 fully saturated rings. The summed E-state index contributed by atoms with van der Waals surface area (Å²) in [5.41, 5.74) is 2.25. The van der Waals surface area contributed by atoms with Crippen molar-refractivity contribution in [3.05, 3.63) is 93.6 Å². The van der Waals surface area contributed by atoms with Crippen LogP contribution in [0.5, 0.6) is 5.75 Å². The number of methoxy groups -OCH3 is 1. The van der Waals surface area contributed by atoms with Gasteiger partial charge < -0.3 is 19.9 Å². The minimum absolute atomic E-state index is 0.00209. The molecule has 0 aliphatic rings. The minimum atomic E-state index is -0.476. The summed E-state index contributed by atoms with van der Waals surface area (Å²) in [6, 6.07) is 18.1. The van der Waals surface area contributed by atoms with Crippen molar-refractivity contribution in [2.24, 2.45) is 0 Å². The van der Waals surface area contributed by atoms with E-state index in [9.17, 15) is 9.59 Å². The van der Waals surface area contributed by atoms with E-state index in [2.05, 4.69) is 20.8 Å². The summed E-state index contributed by atoms with van der Waals surface area (Å²) in [6.07, 6.45) is 1.63. The van der Waals surface area contributed by atoms with E-state index in [4.69, 9.17) is 9.26 Å². The number of carbonyl (C=O) groups excluding carboxylic acids is 2. The predicted octanol–water partition coefficient (Wildman–Crippen LogP) is 4.20. The number of nitrogens with zero attached hydrogens (tertiary/aromatic N) is 2. The monoisotopic (exact) mass is 474 g/mol. The highest BCUT2D eigenvalue weighted by atomic mass is 32.1. The summed E-state index contributed by atoms with van der Waals surface area (Å²) in [5, 5.41) is 11.3. The number of aryl methyl sites for hydroxylation is 1. The van der Waals surface area contributed by atoms with Crippen LogP contribution in [0, 0.1) is 6.92 Å². The van der Waals surface area contributed by atoms with Crippen LogP contribution in [0.1, 0.15) is 26.7 Å². The van der Waals surface area contributed by atoms with Gasteiger partial charge in [0, 0.05) is 16.0 Å². The van der Waals surface area contributed by atoms with E-state index in [1.807, 2.05) is 48.7 Å². The van der Waals surface area contributed by atoms with Crippen LogP contribution >= 0.6 is 11.3 Å². The third-order valence-corrected chi connectivity index (χ3v) is 5.62. The Kier molecular flexibility index (Phi) is 7.14. The zero-order valence-electron chi connectivity index (χ0n) is 18.6. The van der Waals surface area contributed by atoms with Gasteiger partial charge in [0.25, 0.3) is 11.8 Å². The Hall–Kier alpha value is -4.24. The van der Waals surface area contributed by atoms with E-state index >= 15 is 0 Å². The number of rotatable bonds is 8. The topological polar surface area (TPSA) is 106 Å². The number of benzene rings is 2. The Bertz CT molecular complexity index is 1330. The van der Waals surface area contributed by atoms with E-state index in [-0.39, 0.29) is 24.0 Å². The van der Waals surface area contributed by atoms with Crippen LogP contribution in [-0.2, 0) is 11.3 Å². The van der Waals surface area contributed by atoms with Crippen LogP contribution in [0.3, 0.4) is 0 Å². The molecule has 4 aromatic rings. The third-order valence-electron chi connectivity index (χ3n) is 4.80. The average molecular weight is 475 g/mol. The Labute approximate surface area is 200 Å². The molecule has 0 unspecified atom stereocenters. The van der Waals surface area contributed by atoms with Crippen LogP contribution in [0.25, 0.3) is 17.5 Å². The molecule has 172 valence electrons. The first kappa shape index (κ1) is 22.9. The van der Waals surface area contributed by atoms with Crippen LogP contribution < -0.4 is 15.4 Å². The van der Waals surface area contributed by atoms with Gasteiger partial charge in [-0.05, 0) is 48.7 Å².